The second-order valence-corrected chi connectivity index (χ2v) is 10.4. The first-order valence-corrected chi connectivity index (χ1v) is 10.4. The molecule has 2 heteroatoms. The average molecular weight is 383 g/mol. The summed E-state index contributed by atoms with van der Waals surface area (Å²) in [5.74, 6) is 1.31. The van der Waals surface area contributed by atoms with Gasteiger partial charge in [-0.25, -0.2) is 0 Å². The van der Waals surface area contributed by atoms with Gasteiger partial charge in [0.2, 0.25) is 0 Å². The van der Waals surface area contributed by atoms with Gasteiger partial charge in [-0.05, 0) is 76.6 Å². The second-order valence-electron chi connectivity index (χ2n) is 10.4. The largest absolute Gasteiger partial charge is 0.508 e. The van der Waals surface area contributed by atoms with Crippen molar-refractivity contribution >= 4 is 0 Å². The van der Waals surface area contributed by atoms with Crippen LogP contribution in [0.5, 0.6) is 11.5 Å². The van der Waals surface area contributed by atoms with E-state index < -0.39 is 0 Å². The molecular formula is C26H38O2. The molecule has 0 saturated heterocycles. The topological polar surface area (TPSA) is 40.5 Å². The summed E-state index contributed by atoms with van der Waals surface area (Å²) in [5.41, 5.74) is 5.73. The van der Waals surface area contributed by atoms with Crippen LogP contribution in [0, 0.1) is 25.2 Å². The molecule has 0 aliphatic rings. The summed E-state index contributed by atoms with van der Waals surface area (Å²) >= 11 is 0. The zero-order valence-corrected chi connectivity index (χ0v) is 19.1. The number of phenols is 2. The quantitative estimate of drug-likeness (QED) is 0.586. The summed E-state index contributed by atoms with van der Waals surface area (Å²) in [6.07, 6.45) is 1.06. The molecular weight excluding hydrogens is 344 g/mol. The van der Waals surface area contributed by atoms with Crippen molar-refractivity contribution in [3.8, 4) is 11.5 Å². The monoisotopic (exact) mass is 382 g/mol. The molecule has 0 aromatic heterocycles. The van der Waals surface area contributed by atoms with Crippen LogP contribution >= 0.6 is 0 Å². The predicted octanol–water partition coefficient (Wildman–Crippen LogP) is 7.22. The van der Waals surface area contributed by atoms with E-state index in [9.17, 15) is 10.2 Å². The Bertz CT molecular complexity index is 835. The summed E-state index contributed by atoms with van der Waals surface area (Å²) < 4.78 is 0. The summed E-state index contributed by atoms with van der Waals surface area (Å²) in [7, 11) is 0. The second kappa shape index (κ2) is 7.81. The van der Waals surface area contributed by atoms with Gasteiger partial charge in [-0.2, -0.15) is 0 Å². The Morgan fingerprint density at radius 2 is 1.39 bits per heavy atom. The fourth-order valence-electron chi connectivity index (χ4n) is 4.60. The molecule has 28 heavy (non-hydrogen) atoms. The number of hydrogen-bond donors (Lipinski definition) is 2. The van der Waals surface area contributed by atoms with Gasteiger partial charge in [-0.1, -0.05) is 67.0 Å². The Kier molecular flexibility index (Phi) is 6.23. The Morgan fingerprint density at radius 3 is 1.86 bits per heavy atom. The number of aromatic hydroxyl groups is 2. The first-order chi connectivity index (χ1) is 12.8. The Labute approximate surface area is 171 Å². The maximum Gasteiger partial charge on any atom is 0.119 e. The Hall–Kier alpha value is -1.96. The van der Waals surface area contributed by atoms with Gasteiger partial charge in [-0.3, -0.25) is 0 Å². The van der Waals surface area contributed by atoms with Crippen molar-refractivity contribution < 1.29 is 10.2 Å². The fourth-order valence-corrected chi connectivity index (χ4v) is 4.60. The Morgan fingerprint density at radius 1 is 0.821 bits per heavy atom. The summed E-state index contributed by atoms with van der Waals surface area (Å²) in [5, 5.41) is 20.6. The van der Waals surface area contributed by atoms with Gasteiger partial charge < -0.3 is 10.2 Å². The SMILES string of the molecule is CCC(C(c1ccc(O)cc1C)c1cc(C(C)(C)C)c(O)cc1C)C(C)(C)C. The third-order valence-electron chi connectivity index (χ3n) is 6.07. The standard InChI is InChI=1S/C26H38O2/c1-10-21(25(4,5)6)24(19-12-11-18(27)13-16(19)2)20-15-22(26(7,8)9)23(28)14-17(20)3/h11-15,21,24,27-28H,10H2,1-9H3. The van der Waals surface area contributed by atoms with E-state index in [1.165, 1.54) is 11.1 Å². The maximum absolute atomic E-state index is 10.6. The zero-order valence-electron chi connectivity index (χ0n) is 19.1. The zero-order chi connectivity index (χ0) is 21.4. The van der Waals surface area contributed by atoms with E-state index in [0.29, 0.717) is 17.4 Å². The highest BCUT2D eigenvalue weighted by Crippen LogP contribution is 2.47. The fraction of sp³-hybridized carbons (Fsp3) is 0.538. The molecule has 154 valence electrons. The van der Waals surface area contributed by atoms with Gasteiger partial charge in [0.1, 0.15) is 11.5 Å². The lowest BCUT2D eigenvalue weighted by Gasteiger charge is -2.39. The summed E-state index contributed by atoms with van der Waals surface area (Å²) in [4.78, 5) is 0. The highest BCUT2D eigenvalue weighted by molar-refractivity contribution is 5.50. The third kappa shape index (κ3) is 4.54. The highest BCUT2D eigenvalue weighted by Gasteiger charge is 2.35. The first kappa shape index (κ1) is 22.3. The van der Waals surface area contributed by atoms with Crippen LogP contribution < -0.4 is 0 Å². The summed E-state index contributed by atoms with van der Waals surface area (Å²) in [6, 6.07) is 9.88. The van der Waals surface area contributed by atoms with Crippen molar-refractivity contribution in [2.45, 2.75) is 80.1 Å². The molecule has 0 fully saturated rings. The van der Waals surface area contributed by atoms with Gasteiger partial charge in [-0.15, -0.1) is 0 Å². The Balaban J connectivity index is 2.83. The number of benzene rings is 2. The molecule has 0 bridgehead atoms. The van der Waals surface area contributed by atoms with Crippen LogP contribution in [-0.4, -0.2) is 10.2 Å². The van der Waals surface area contributed by atoms with E-state index in [1.54, 1.807) is 6.07 Å². The highest BCUT2D eigenvalue weighted by atomic mass is 16.3. The van der Waals surface area contributed by atoms with Crippen LogP contribution in [-0.2, 0) is 5.41 Å². The molecule has 0 aliphatic heterocycles. The van der Waals surface area contributed by atoms with Crippen LogP contribution in [0.4, 0.5) is 0 Å². The third-order valence-corrected chi connectivity index (χ3v) is 6.07. The lowest BCUT2D eigenvalue weighted by molar-refractivity contribution is 0.208. The molecule has 2 N–H and O–H groups in total. The van der Waals surface area contributed by atoms with Crippen molar-refractivity contribution in [3.63, 3.8) is 0 Å². The van der Waals surface area contributed by atoms with E-state index in [-0.39, 0.29) is 16.7 Å². The molecule has 2 aromatic rings. The van der Waals surface area contributed by atoms with Crippen LogP contribution in [0.3, 0.4) is 0 Å². The predicted molar refractivity (Wildman–Crippen MR) is 119 cm³/mol. The lowest BCUT2D eigenvalue weighted by atomic mass is 9.65. The first-order valence-electron chi connectivity index (χ1n) is 10.4. The minimum atomic E-state index is -0.134. The van der Waals surface area contributed by atoms with Crippen molar-refractivity contribution in [2.24, 2.45) is 11.3 Å². The van der Waals surface area contributed by atoms with Crippen LogP contribution in [0.1, 0.15) is 88.6 Å². The van der Waals surface area contributed by atoms with Crippen LogP contribution in [0.15, 0.2) is 30.3 Å². The smallest absolute Gasteiger partial charge is 0.119 e. The minimum Gasteiger partial charge on any atom is -0.508 e. The van der Waals surface area contributed by atoms with Crippen molar-refractivity contribution in [1.29, 1.82) is 0 Å². The van der Waals surface area contributed by atoms with Crippen molar-refractivity contribution in [2.75, 3.05) is 0 Å². The van der Waals surface area contributed by atoms with Crippen LogP contribution in [0.25, 0.3) is 0 Å². The number of hydrogen-bond acceptors (Lipinski definition) is 2. The molecule has 0 aliphatic carbocycles. The molecule has 0 saturated carbocycles. The maximum atomic E-state index is 10.6. The van der Waals surface area contributed by atoms with E-state index in [4.69, 9.17) is 0 Å². The lowest BCUT2D eigenvalue weighted by Crippen LogP contribution is -2.28. The molecule has 2 rings (SSSR count). The molecule has 2 unspecified atom stereocenters. The van der Waals surface area contributed by atoms with Gasteiger partial charge in [0.05, 0.1) is 0 Å². The summed E-state index contributed by atoms with van der Waals surface area (Å²) in [6.45, 7) is 19.8. The number of rotatable bonds is 4. The molecule has 0 spiro atoms. The minimum absolute atomic E-state index is 0.121. The molecule has 0 radical (unpaired) electrons. The van der Waals surface area contributed by atoms with E-state index in [2.05, 4.69) is 74.4 Å². The van der Waals surface area contributed by atoms with Gasteiger partial charge in [0.15, 0.2) is 0 Å². The van der Waals surface area contributed by atoms with E-state index >= 15 is 0 Å². The van der Waals surface area contributed by atoms with Gasteiger partial charge in [0, 0.05) is 5.92 Å². The van der Waals surface area contributed by atoms with Crippen molar-refractivity contribution in [3.05, 3.63) is 58.1 Å². The number of phenolic OH excluding ortho intramolecular Hbond substituents is 2. The van der Waals surface area contributed by atoms with Crippen LogP contribution in [0.2, 0.25) is 0 Å². The van der Waals surface area contributed by atoms with E-state index in [0.717, 1.165) is 23.1 Å². The number of aryl methyl sites for hydroxylation is 2. The van der Waals surface area contributed by atoms with Crippen molar-refractivity contribution in [1.82, 2.24) is 0 Å². The normalized spacial score (nSPS) is 14.8. The molecule has 2 atom stereocenters. The molecule has 0 heterocycles. The van der Waals surface area contributed by atoms with E-state index in [1.807, 2.05) is 12.1 Å². The van der Waals surface area contributed by atoms with Gasteiger partial charge >= 0.3 is 0 Å². The average Bonchev–Trinajstić information content (AvgIpc) is 2.51. The molecule has 2 aromatic carbocycles. The molecule has 2 nitrogen and oxygen atoms in total. The van der Waals surface area contributed by atoms with Gasteiger partial charge in [0.25, 0.3) is 0 Å². The molecule has 0 amide bonds.